The molecule has 54 valence electrons. The largest absolute Gasteiger partial charge is 0.477 e. The number of aryl methyl sites for hydroxylation is 1. The summed E-state index contributed by atoms with van der Waals surface area (Å²) >= 11 is 1.99. The van der Waals surface area contributed by atoms with Gasteiger partial charge in [-0.3, -0.25) is 0 Å². The molecule has 1 aromatic rings. The normalized spacial score (nSPS) is 9.80. The van der Waals surface area contributed by atoms with E-state index in [0.717, 1.165) is 3.57 Å². The minimum atomic E-state index is -0.878. The van der Waals surface area contributed by atoms with Crippen LogP contribution in [0.15, 0.2) is 12.3 Å². The second kappa shape index (κ2) is 2.61. The van der Waals surface area contributed by atoms with Crippen LogP contribution in [0.2, 0.25) is 0 Å². The van der Waals surface area contributed by atoms with Crippen molar-refractivity contribution < 1.29 is 9.90 Å². The Morgan fingerprint density at radius 2 is 2.40 bits per heavy atom. The van der Waals surface area contributed by atoms with Crippen molar-refractivity contribution in [3.8, 4) is 0 Å². The SMILES string of the molecule is Cn1ccc(I)c1C(=O)O. The van der Waals surface area contributed by atoms with Crippen molar-refractivity contribution in [2.75, 3.05) is 0 Å². The van der Waals surface area contributed by atoms with E-state index in [-0.39, 0.29) is 0 Å². The van der Waals surface area contributed by atoms with Crippen LogP contribution in [0.4, 0.5) is 0 Å². The quantitative estimate of drug-likeness (QED) is 0.765. The maximum absolute atomic E-state index is 10.5. The molecule has 0 amide bonds. The van der Waals surface area contributed by atoms with Crippen LogP contribution < -0.4 is 0 Å². The van der Waals surface area contributed by atoms with Crippen molar-refractivity contribution in [2.24, 2.45) is 7.05 Å². The summed E-state index contributed by atoms with van der Waals surface area (Å²) < 4.78 is 2.36. The first-order valence-corrected chi connectivity index (χ1v) is 3.75. The summed E-state index contributed by atoms with van der Waals surface area (Å²) in [6.07, 6.45) is 1.73. The molecule has 1 N–H and O–H groups in total. The number of hydrogen-bond acceptors (Lipinski definition) is 1. The molecule has 0 aliphatic rings. The Hall–Kier alpha value is -0.520. The molecule has 0 fully saturated rings. The van der Waals surface area contributed by atoms with Crippen molar-refractivity contribution in [2.45, 2.75) is 0 Å². The molecule has 0 bridgehead atoms. The molecular weight excluding hydrogens is 245 g/mol. The predicted molar refractivity (Wildman–Crippen MR) is 45.1 cm³/mol. The number of rotatable bonds is 1. The van der Waals surface area contributed by atoms with Gasteiger partial charge in [-0.2, -0.15) is 0 Å². The van der Waals surface area contributed by atoms with Gasteiger partial charge in [-0.25, -0.2) is 4.79 Å². The zero-order chi connectivity index (χ0) is 7.72. The van der Waals surface area contributed by atoms with Crippen LogP contribution in [0.3, 0.4) is 0 Å². The molecule has 0 radical (unpaired) electrons. The summed E-state index contributed by atoms with van der Waals surface area (Å²) in [5, 5.41) is 8.61. The summed E-state index contributed by atoms with van der Waals surface area (Å²) in [4.78, 5) is 10.5. The van der Waals surface area contributed by atoms with Crippen LogP contribution in [-0.2, 0) is 7.05 Å². The van der Waals surface area contributed by atoms with Gasteiger partial charge >= 0.3 is 5.97 Å². The summed E-state index contributed by atoms with van der Waals surface area (Å²) in [5.41, 5.74) is 0.348. The Morgan fingerprint density at radius 3 is 2.60 bits per heavy atom. The summed E-state index contributed by atoms with van der Waals surface area (Å²) in [5.74, 6) is -0.878. The van der Waals surface area contributed by atoms with E-state index < -0.39 is 5.97 Å². The first kappa shape index (κ1) is 7.59. The first-order valence-electron chi connectivity index (χ1n) is 2.67. The summed E-state index contributed by atoms with van der Waals surface area (Å²) in [6.45, 7) is 0. The molecular formula is C6H6INO2. The molecule has 4 heteroatoms. The fourth-order valence-electron chi connectivity index (χ4n) is 0.752. The van der Waals surface area contributed by atoms with Crippen LogP contribution in [0.5, 0.6) is 0 Å². The van der Waals surface area contributed by atoms with Gasteiger partial charge in [0.1, 0.15) is 5.69 Å². The van der Waals surface area contributed by atoms with Gasteiger partial charge in [0.25, 0.3) is 0 Å². The molecule has 0 spiro atoms. The van der Waals surface area contributed by atoms with Crippen molar-refractivity contribution in [3.63, 3.8) is 0 Å². The fraction of sp³-hybridized carbons (Fsp3) is 0.167. The third-order valence-corrected chi connectivity index (χ3v) is 2.10. The number of carboxylic acid groups (broad SMARTS) is 1. The monoisotopic (exact) mass is 251 g/mol. The fourth-order valence-corrected chi connectivity index (χ4v) is 1.52. The molecule has 0 aliphatic heterocycles. The van der Waals surface area contributed by atoms with Gasteiger partial charge in [-0.1, -0.05) is 0 Å². The smallest absolute Gasteiger partial charge is 0.353 e. The average molecular weight is 251 g/mol. The number of aromatic carboxylic acids is 1. The standard InChI is InChI=1S/C6H6INO2/c1-8-3-2-4(7)5(8)6(9)10/h2-3H,1H3,(H,9,10). The summed E-state index contributed by atoms with van der Waals surface area (Å²) in [7, 11) is 1.71. The van der Waals surface area contributed by atoms with Gasteiger partial charge in [-0.15, -0.1) is 0 Å². The van der Waals surface area contributed by atoms with Gasteiger partial charge in [-0.05, 0) is 28.7 Å². The van der Waals surface area contributed by atoms with Gasteiger partial charge in [0.15, 0.2) is 0 Å². The van der Waals surface area contributed by atoms with Crippen LogP contribution in [-0.4, -0.2) is 15.6 Å². The lowest BCUT2D eigenvalue weighted by Gasteiger charge is -1.95. The minimum Gasteiger partial charge on any atom is -0.477 e. The van der Waals surface area contributed by atoms with Gasteiger partial charge in [0, 0.05) is 16.8 Å². The van der Waals surface area contributed by atoms with E-state index in [9.17, 15) is 4.79 Å². The molecule has 0 unspecified atom stereocenters. The lowest BCUT2D eigenvalue weighted by Crippen LogP contribution is -2.04. The Labute approximate surface area is 71.8 Å². The molecule has 0 atom stereocenters. The zero-order valence-electron chi connectivity index (χ0n) is 5.34. The second-order valence-corrected chi connectivity index (χ2v) is 3.09. The molecule has 1 aromatic heterocycles. The highest BCUT2D eigenvalue weighted by atomic mass is 127. The number of halogens is 1. The van der Waals surface area contributed by atoms with Gasteiger partial charge in [0.2, 0.25) is 0 Å². The zero-order valence-corrected chi connectivity index (χ0v) is 7.49. The van der Waals surface area contributed by atoms with E-state index in [2.05, 4.69) is 0 Å². The third-order valence-electron chi connectivity index (χ3n) is 1.23. The first-order chi connectivity index (χ1) is 4.63. The van der Waals surface area contributed by atoms with Gasteiger partial charge < -0.3 is 9.67 Å². The lowest BCUT2D eigenvalue weighted by atomic mass is 10.4. The predicted octanol–water partition coefficient (Wildman–Crippen LogP) is 1.33. The number of aromatic nitrogens is 1. The van der Waals surface area contributed by atoms with Crippen LogP contribution in [0.1, 0.15) is 10.5 Å². The highest BCUT2D eigenvalue weighted by molar-refractivity contribution is 14.1. The molecule has 1 heterocycles. The minimum absolute atomic E-state index is 0.348. The molecule has 10 heavy (non-hydrogen) atoms. The Morgan fingerprint density at radius 1 is 1.80 bits per heavy atom. The van der Waals surface area contributed by atoms with E-state index in [1.165, 1.54) is 0 Å². The van der Waals surface area contributed by atoms with Crippen LogP contribution in [0.25, 0.3) is 0 Å². The Balaban J connectivity index is 3.23. The number of carbonyl (C=O) groups is 1. The average Bonchev–Trinajstić information content (AvgIpc) is 2.11. The molecule has 0 aromatic carbocycles. The molecule has 0 saturated carbocycles. The van der Waals surface area contributed by atoms with Crippen molar-refractivity contribution in [1.29, 1.82) is 0 Å². The molecule has 3 nitrogen and oxygen atoms in total. The Bertz CT molecular complexity index is 247. The lowest BCUT2D eigenvalue weighted by molar-refractivity contribution is 0.0685. The van der Waals surface area contributed by atoms with E-state index in [1.807, 2.05) is 22.6 Å². The number of hydrogen-bond donors (Lipinski definition) is 1. The highest BCUT2D eigenvalue weighted by Gasteiger charge is 2.10. The third kappa shape index (κ3) is 1.16. The number of nitrogens with zero attached hydrogens (tertiary/aromatic N) is 1. The van der Waals surface area contributed by atoms with Gasteiger partial charge in [0.05, 0.1) is 0 Å². The molecule has 0 aliphatic carbocycles. The maximum atomic E-state index is 10.5. The van der Waals surface area contributed by atoms with E-state index in [0.29, 0.717) is 5.69 Å². The topological polar surface area (TPSA) is 42.2 Å². The molecule has 0 saturated heterocycles. The highest BCUT2D eigenvalue weighted by Crippen LogP contribution is 2.11. The van der Waals surface area contributed by atoms with E-state index in [1.54, 1.807) is 23.9 Å². The van der Waals surface area contributed by atoms with Crippen molar-refractivity contribution in [3.05, 3.63) is 21.5 Å². The second-order valence-electron chi connectivity index (χ2n) is 1.93. The van der Waals surface area contributed by atoms with Crippen LogP contribution >= 0.6 is 22.6 Å². The number of carboxylic acids is 1. The Kier molecular flexibility index (Phi) is 1.98. The molecule has 1 rings (SSSR count). The summed E-state index contributed by atoms with van der Waals surface area (Å²) in [6, 6.07) is 1.77. The van der Waals surface area contributed by atoms with Crippen molar-refractivity contribution >= 4 is 28.6 Å². The van der Waals surface area contributed by atoms with Crippen molar-refractivity contribution in [1.82, 2.24) is 4.57 Å². The van der Waals surface area contributed by atoms with E-state index in [4.69, 9.17) is 5.11 Å². The van der Waals surface area contributed by atoms with E-state index >= 15 is 0 Å². The van der Waals surface area contributed by atoms with Crippen LogP contribution in [0, 0.1) is 3.57 Å². The maximum Gasteiger partial charge on any atom is 0.353 e.